The highest BCUT2D eigenvalue weighted by atomic mass is 16.5. The molecule has 0 spiro atoms. The summed E-state index contributed by atoms with van der Waals surface area (Å²) in [5, 5.41) is 0. The van der Waals surface area contributed by atoms with Gasteiger partial charge in [0.1, 0.15) is 5.69 Å². The van der Waals surface area contributed by atoms with E-state index in [1.807, 2.05) is 6.07 Å². The summed E-state index contributed by atoms with van der Waals surface area (Å²) >= 11 is 0. The maximum absolute atomic E-state index is 11.1. The van der Waals surface area contributed by atoms with Crippen LogP contribution in [-0.4, -0.2) is 36.6 Å². The highest BCUT2D eigenvalue weighted by molar-refractivity contribution is 5.92. The maximum Gasteiger partial charge on any atom is 0.178 e. The number of morpholine rings is 1. The molecule has 1 aliphatic heterocycles. The zero-order valence-corrected chi connectivity index (χ0v) is 9.64. The SMILES string of the molecule is CC(=O)c1ccc(N2CCOCC2C)cn1. The summed E-state index contributed by atoms with van der Waals surface area (Å²) in [6.45, 7) is 6.02. The predicted molar refractivity (Wildman–Crippen MR) is 61.9 cm³/mol. The van der Waals surface area contributed by atoms with Crippen LogP contribution in [0.25, 0.3) is 0 Å². The van der Waals surface area contributed by atoms with Gasteiger partial charge in [-0.25, -0.2) is 0 Å². The largest absolute Gasteiger partial charge is 0.377 e. The lowest BCUT2D eigenvalue weighted by atomic mass is 10.2. The van der Waals surface area contributed by atoms with Crippen LogP contribution in [-0.2, 0) is 4.74 Å². The molecule has 0 amide bonds. The summed E-state index contributed by atoms with van der Waals surface area (Å²) in [4.78, 5) is 17.5. The van der Waals surface area contributed by atoms with E-state index in [0.717, 1.165) is 25.4 Å². The standard InChI is InChI=1S/C12H16N2O2/c1-9-8-16-6-5-14(9)11-3-4-12(10(2)15)13-7-11/h3-4,7,9H,5-6,8H2,1-2H3. The lowest BCUT2D eigenvalue weighted by Gasteiger charge is -2.34. The lowest BCUT2D eigenvalue weighted by molar-refractivity contribution is 0.0987. The molecule has 0 N–H and O–H groups in total. The molecule has 1 atom stereocenters. The number of hydrogen-bond acceptors (Lipinski definition) is 4. The van der Waals surface area contributed by atoms with Gasteiger partial charge in [0, 0.05) is 19.5 Å². The Morgan fingerprint density at radius 3 is 2.94 bits per heavy atom. The molecular formula is C12H16N2O2. The van der Waals surface area contributed by atoms with Crippen LogP contribution in [0.15, 0.2) is 18.3 Å². The van der Waals surface area contributed by atoms with Crippen LogP contribution in [0.2, 0.25) is 0 Å². The second-order valence-corrected chi connectivity index (χ2v) is 4.08. The van der Waals surface area contributed by atoms with Crippen molar-refractivity contribution in [3.8, 4) is 0 Å². The van der Waals surface area contributed by atoms with Crippen molar-refractivity contribution in [3.05, 3.63) is 24.0 Å². The molecule has 1 aromatic rings. The first-order valence-electron chi connectivity index (χ1n) is 5.50. The highest BCUT2D eigenvalue weighted by Gasteiger charge is 2.19. The summed E-state index contributed by atoms with van der Waals surface area (Å²) in [6.07, 6.45) is 1.76. The molecule has 4 nitrogen and oxygen atoms in total. The van der Waals surface area contributed by atoms with E-state index in [-0.39, 0.29) is 5.78 Å². The van der Waals surface area contributed by atoms with Crippen molar-refractivity contribution in [1.29, 1.82) is 0 Å². The van der Waals surface area contributed by atoms with Crippen LogP contribution in [0.5, 0.6) is 0 Å². The molecule has 16 heavy (non-hydrogen) atoms. The number of anilines is 1. The predicted octanol–water partition coefficient (Wildman–Crippen LogP) is 1.51. The Kier molecular flexibility index (Phi) is 3.19. The summed E-state index contributed by atoms with van der Waals surface area (Å²) in [7, 11) is 0. The Hall–Kier alpha value is -1.42. The minimum atomic E-state index is 0.00146. The van der Waals surface area contributed by atoms with Gasteiger partial charge >= 0.3 is 0 Å². The van der Waals surface area contributed by atoms with Crippen molar-refractivity contribution in [1.82, 2.24) is 4.98 Å². The topological polar surface area (TPSA) is 42.4 Å². The van der Waals surface area contributed by atoms with E-state index in [2.05, 4.69) is 16.8 Å². The van der Waals surface area contributed by atoms with Crippen LogP contribution in [0.4, 0.5) is 5.69 Å². The van der Waals surface area contributed by atoms with Gasteiger partial charge in [-0.3, -0.25) is 9.78 Å². The number of hydrogen-bond donors (Lipinski definition) is 0. The zero-order valence-electron chi connectivity index (χ0n) is 9.64. The number of ether oxygens (including phenoxy) is 1. The fraction of sp³-hybridized carbons (Fsp3) is 0.500. The van der Waals surface area contributed by atoms with Gasteiger partial charge in [0.05, 0.1) is 25.1 Å². The van der Waals surface area contributed by atoms with E-state index in [4.69, 9.17) is 4.74 Å². The quantitative estimate of drug-likeness (QED) is 0.708. The zero-order chi connectivity index (χ0) is 11.5. The summed E-state index contributed by atoms with van der Waals surface area (Å²) in [5.74, 6) is 0.00146. The highest BCUT2D eigenvalue weighted by Crippen LogP contribution is 2.18. The number of carbonyl (C=O) groups excluding carboxylic acids is 1. The van der Waals surface area contributed by atoms with E-state index in [9.17, 15) is 4.79 Å². The molecule has 1 aliphatic rings. The molecule has 0 aromatic carbocycles. The minimum Gasteiger partial charge on any atom is -0.377 e. The van der Waals surface area contributed by atoms with Crippen molar-refractivity contribution < 1.29 is 9.53 Å². The van der Waals surface area contributed by atoms with Gasteiger partial charge in [0.25, 0.3) is 0 Å². The molecule has 0 radical (unpaired) electrons. The lowest BCUT2D eigenvalue weighted by Crippen LogP contribution is -2.43. The molecule has 1 fully saturated rings. The Labute approximate surface area is 95.2 Å². The smallest absolute Gasteiger partial charge is 0.178 e. The van der Waals surface area contributed by atoms with E-state index in [0.29, 0.717) is 11.7 Å². The number of Topliss-reactive ketones (excluding diaryl/α,β-unsaturated/α-hetero) is 1. The van der Waals surface area contributed by atoms with Crippen LogP contribution in [0.3, 0.4) is 0 Å². The van der Waals surface area contributed by atoms with E-state index >= 15 is 0 Å². The molecule has 0 aliphatic carbocycles. The monoisotopic (exact) mass is 220 g/mol. The third kappa shape index (κ3) is 2.22. The number of carbonyl (C=O) groups is 1. The average Bonchev–Trinajstić information content (AvgIpc) is 2.30. The average molecular weight is 220 g/mol. The fourth-order valence-corrected chi connectivity index (χ4v) is 1.87. The van der Waals surface area contributed by atoms with Crippen molar-refractivity contribution in [2.75, 3.05) is 24.7 Å². The van der Waals surface area contributed by atoms with Crippen LogP contribution in [0, 0.1) is 0 Å². The Morgan fingerprint density at radius 2 is 2.38 bits per heavy atom. The molecule has 1 unspecified atom stereocenters. The maximum atomic E-state index is 11.1. The van der Waals surface area contributed by atoms with Gasteiger partial charge in [-0.15, -0.1) is 0 Å². The first kappa shape index (κ1) is 11.1. The van der Waals surface area contributed by atoms with E-state index in [1.54, 1.807) is 12.3 Å². The second-order valence-electron chi connectivity index (χ2n) is 4.08. The van der Waals surface area contributed by atoms with Gasteiger partial charge in [-0.05, 0) is 19.1 Å². The van der Waals surface area contributed by atoms with E-state index < -0.39 is 0 Å². The van der Waals surface area contributed by atoms with Crippen molar-refractivity contribution >= 4 is 11.5 Å². The number of pyridine rings is 1. The van der Waals surface area contributed by atoms with Crippen molar-refractivity contribution in [3.63, 3.8) is 0 Å². The molecule has 1 saturated heterocycles. The van der Waals surface area contributed by atoms with Gasteiger partial charge in [-0.1, -0.05) is 0 Å². The summed E-state index contributed by atoms with van der Waals surface area (Å²) in [5.41, 5.74) is 1.57. The van der Waals surface area contributed by atoms with Crippen molar-refractivity contribution in [2.24, 2.45) is 0 Å². The molecule has 1 aromatic heterocycles. The number of ketones is 1. The number of rotatable bonds is 2. The van der Waals surface area contributed by atoms with Gasteiger partial charge in [-0.2, -0.15) is 0 Å². The normalized spacial score (nSPS) is 20.9. The Bertz CT molecular complexity index is 375. The molecule has 4 heteroatoms. The second kappa shape index (κ2) is 4.61. The first-order valence-corrected chi connectivity index (χ1v) is 5.50. The number of aromatic nitrogens is 1. The summed E-state index contributed by atoms with van der Waals surface area (Å²) in [6, 6.07) is 4.09. The summed E-state index contributed by atoms with van der Waals surface area (Å²) < 4.78 is 5.38. The van der Waals surface area contributed by atoms with Gasteiger partial charge < -0.3 is 9.64 Å². The number of nitrogens with zero attached hydrogens (tertiary/aromatic N) is 2. The van der Waals surface area contributed by atoms with Gasteiger partial charge in [0.15, 0.2) is 5.78 Å². The minimum absolute atomic E-state index is 0.00146. The first-order chi connectivity index (χ1) is 7.68. The molecule has 0 bridgehead atoms. The molecule has 0 saturated carbocycles. The van der Waals surface area contributed by atoms with Crippen molar-refractivity contribution in [2.45, 2.75) is 19.9 Å². The molecular weight excluding hydrogens is 204 g/mol. The molecule has 2 heterocycles. The third-order valence-electron chi connectivity index (χ3n) is 2.81. The van der Waals surface area contributed by atoms with Crippen LogP contribution in [0.1, 0.15) is 24.3 Å². The van der Waals surface area contributed by atoms with Gasteiger partial charge in [0.2, 0.25) is 0 Å². The molecule has 86 valence electrons. The molecule has 2 rings (SSSR count). The van der Waals surface area contributed by atoms with E-state index in [1.165, 1.54) is 6.92 Å². The van der Waals surface area contributed by atoms with Crippen LogP contribution < -0.4 is 4.90 Å². The fourth-order valence-electron chi connectivity index (χ4n) is 1.87. The Morgan fingerprint density at radius 1 is 1.56 bits per heavy atom. The third-order valence-corrected chi connectivity index (χ3v) is 2.81. The van der Waals surface area contributed by atoms with Crippen LogP contribution >= 0.6 is 0 Å². The Balaban J connectivity index is 2.17.